The normalized spacial score (nSPS) is 17.4. The lowest BCUT2D eigenvalue weighted by Gasteiger charge is -2.05. The van der Waals surface area contributed by atoms with Crippen molar-refractivity contribution >= 4 is 39.3 Å². The molecule has 1 unspecified atom stereocenters. The summed E-state index contributed by atoms with van der Waals surface area (Å²) in [4.78, 5) is 31.8. The number of ether oxygens (including phenoxy) is 1. The topological polar surface area (TPSA) is 72.0 Å². The molecule has 122 valence electrons. The van der Waals surface area contributed by atoms with Crippen molar-refractivity contribution in [3.8, 4) is 11.1 Å². The van der Waals surface area contributed by atoms with E-state index in [0.29, 0.717) is 28.4 Å². The number of benzene rings is 1. The molecule has 1 aliphatic rings. The van der Waals surface area contributed by atoms with Gasteiger partial charge in [0.05, 0.1) is 12.0 Å². The van der Waals surface area contributed by atoms with Crippen molar-refractivity contribution in [1.82, 2.24) is 9.97 Å². The van der Waals surface area contributed by atoms with Crippen molar-refractivity contribution in [3.63, 3.8) is 0 Å². The highest BCUT2D eigenvalue weighted by Crippen LogP contribution is 2.33. The van der Waals surface area contributed by atoms with Crippen LogP contribution in [0.25, 0.3) is 21.3 Å². The van der Waals surface area contributed by atoms with Crippen LogP contribution < -0.4 is 5.56 Å². The number of nitrogens with zero attached hydrogens (tertiary/aromatic N) is 1. The molecule has 8 heteroatoms. The summed E-state index contributed by atoms with van der Waals surface area (Å²) in [6.45, 7) is 0.399. The molecule has 24 heavy (non-hydrogen) atoms. The predicted molar refractivity (Wildman–Crippen MR) is 90.9 cm³/mol. The lowest BCUT2D eigenvalue weighted by molar-refractivity contribution is -0.137. The van der Waals surface area contributed by atoms with Crippen molar-refractivity contribution in [2.45, 2.75) is 16.8 Å². The van der Waals surface area contributed by atoms with E-state index >= 15 is 0 Å². The van der Waals surface area contributed by atoms with Gasteiger partial charge in [0.1, 0.15) is 15.9 Å². The monoisotopic (exact) mass is 362 g/mol. The highest BCUT2D eigenvalue weighted by molar-refractivity contribution is 8.00. The summed E-state index contributed by atoms with van der Waals surface area (Å²) in [6, 6.07) is 5.98. The zero-order valence-corrected chi connectivity index (χ0v) is 13.9. The minimum absolute atomic E-state index is 0.269. The molecule has 1 N–H and O–H groups in total. The van der Waals surface area contributed by atoms with Gasteiger partial charge in [-0.05, 0) is 17.7 Å². The molecular formula is C16H11FN2O3S2. The van der Waals surface area contributed by atoms with Crippen LogP contribution in [0.3, 0.4) is 0 Å². The molecule has 1 fully saturated rings. The van der Waals surface area contributed by atoms with Crippen LogP contribution in [0.1, 0.15) is 6.42 Å². The number of thiophene rings is 1. The van der Waals surface area contributed by atoms with Crippen LogP contribution >= 0.6 is 23.1 Å². The second-order valence-corrected chi connectivity index (χ2v) is 7.32. The van der Waals surface area contributed by atoms with Gasteiger partial charge >= 0.3 is 5.97 Å². The summed E-state index contributed by atoms with van der Waals surface area (Å²) in [5, 5.41) is 2.38. The van der Waals surface area contributed by atoms with E-state index < -0.39 is 0 Å². The second-order valence-electron chi connectivity index (χ2n) is 5.27. The van der Waals surface area contributed by atoms with Gasteiger partial charge in [-0.3, -0.25) is 9.59 Å². The Hall–Kier alpha value is -2.19. The maximum absolute atomic E-state index is 13.1. The molecule has 1 aliphatic heterocycles. The smallest absolute Gasteiger partial charge is 0.319 e. The number of rotatable bonds is 3. The zero-order chi connectivity index (χ0) is 16.7. The van der Waals surface area contributed by atoms with Crippen LogP contribution in [0.15, 0.2) is 39.6 Å². The molecule has 5 nitrogen and oxygen atoms in total. The fraction of sp³-hybridized carbons (Fsp3) is 0.188. The molecule has 0 amide bonds. The largest absolute Gasteiger partial charge is 0.465 e. The Morgan fingerprint density at radius 2 is 2.08 bits per heavy atom. The van der Waals surface area contributed by atoms with Gasteiger partial charge in [0, 0.05) is 17.4 Å². The number of H-pyrrole nitrogens is 1. The van der Waals surface area contributed by atoms with Crippen molar-refractivity contribution in [3.05, 3.63) is 45.8 Å². The molecule has 3 heterocycles. The van der Waals surface area contributed by atoms with Gasteiger partial charge in [0.25, 0.3) is 5.56 Å². The summed E-state index contributed by atoms with van der Waals surface area (Å²) >= 11 is 2.56. The number of thioether (sulfide) groups is 1. The first-order valence-electron chi connectivity index (χ1n) is 7.22. The second kappa shape index (κ2) is 6.03. The van der Waals surface area contributed by atoms with Gasteiger partial charge in [0.2, 0.25) is 0 Å². The number of aromatic amines is 1. The van der Waals surface area contributed by atoms with Crippen molar-refractivity contribution in [1.29, 1.82) is 0 Å². The number of hydrogen-bond acceptors (Lipinski definition) is 6. The Morgan fingerprint density at radius 3 is 2.79 bits per heavy atom. The van der Waals surface area contributed by atoms with Gasteiger partial charge in [-0.2, -0.15) is 0 Å². The summed E-state index contributed by atoms with van der Waals surface area (Å²) in [6.07, 6.45) is 0.608. The molecule has 0 spiro atoms. The zero-order valence-electron chi connectivity index (χ0n) is 12.2. The average molecular weight is 362 g/mol. The van der Waals surface area contributed by atoms with Crippen molar-refractivity contribution in [2.75, 3.05) is 6.61 Å². The Balaban J connectivity index is 1.74. The Bertz CT molecular complexity index is 981. The Kier molecular flexibility index (Phi) is 3.85. The predicted octanol–water partition coefficient (Wildman–Crippen LogP) is 3.20. The summed E-state index contributed by atoms with van der Waals surface area (Å²) in [5.74, 6) is -0.603. The number of nitrogens with one attached hydrogen (secondary N) is 1. The first-order chi connectivity index (χ1) is 11.6. The first kappa shape index (κ1) is 15.3. The molecule has 0 saturated carbocycles. The standard InChI is InChI=1S/C16H11FN2O3S2/c17-9-3-1-8(2-4-9)10-7-23-14-12(10)13(20)18-16(19-14)24-11-5-6-22-15(11)21/h1-4,7,11H,5-6H2,(H,18,19,20). The molecule has 1 aromatic carbocycles. The number of carbonyl (C=O) groups excluding carboxylic acids is 1. The number of esters is 1. The molecule has 4 rings (SSSR count). The van der Waals surface area contributed by atoms with E-state index in [1.54, 1.807) is 12.1 Å². The molecule has 1 saturated heterocycles. The van der Waals surface area contributed by atoms with Crippen molar-refractivity contribution in [2.24, 2.45) is 0 Å². The third-order valence-corrected chi connectivity index (χ3v) is 5.72. The number of fused-ring (bicyclic) bond motifs is 1. The van der Waals surface area contributed by atoms with Crippen LogP contribution in [0.2, 0.25) is 0 Å². The quantitative estimate of drug-likeness (QED) is 0.572. The number of cyclic esters (lactones) is 1. The molecular weight excluding hydrogens is 351 g/mol. The van der Waals surface area contributed by atoms with Gasteiger partial charge < -0.3 is 9.72 Å². The van der Waals surface area contributed by atoms with E-state index in [2.05, 4.69) is 9.97 Å². The van der Waals surface area contributed by atoms with Crippen LogP contribution in [-0.4, -0.2) is 27.8 Å². The molecule has 0 aliphatic carbocycles. The van der Waals surface area contributed by atoms with Gasteiger partial charge in [-0.1, -0.05) is 23.9 Å². The van der Waals surface area contributed by atoms with Crippen molar-refractivity contribution < 1.29 is 13.9 Å². The maximum atomic E-state index is 13.1. The van der Waals surface area contributed by atoms with Gasteiger partial charge in [0.15, 0.2) is 5.16 Å². The molecule has 0 radical (unpaired) electrons. The number of hydrogen-bond donors (Lipinski definition) is 1. The van der Waals surface area contributed by atoms with E-state index in [9.17, 15) is 14.0 Å². The van der Waals surface area contributed by atoms with Gasteiger partial charge in [-0.25, -0.2) is 9.37 Å². The minimum atomic E-state index is -0.331. The fourth-order valence-electron chi connectivity index (χ4n) is 2.55. The average Bonchev–Trinajstić information content (AvgIpc) is 3.15. The van der Waals surface area contributed by atoms with E-state index in [4.69, 9.17) is 4.74 Å². The minimum Gasteiger partial charge on any atom is -0.465 e. The molecule has 2 aromatic heterocycles. The summed E-state index contributed by atoms with van der Waals surface area (Å²) < 4.78 is 18.0. The number of carbonyl (C=O) groups is 1. The van der Waals surface area contributed by atoms with E-state index in [1.807, 2.05) is 5.38 Å². The highest BCUT2D eigenvalue weighted by atomic mass is 32.2. The lowest BCUT2D eigenvalue weighted by Crippen LogP contribution is -2.13. The van der Waals surface area contributed by atoms with Gasteiger partial charge in [-0.15, -0.1) is 11.3 Å². The highest BCUT2D eigenvalue weighted by Gasteiger charge is 2.28. The Morgan fingerprint density at radius 1 is 1.29 bits per heavy atom. The summed E-state index contributed by atoms with van der Waals surface area (Å²) in [7, 11) is 0. The molecule has 3 aromatic rings. The lowest BCUT2D eigenvalue weighted by atomic mass is 10.1. The van der Waals surface area contributed by atoms with E-state index in [-0.39, 0.29) is 22.6 Å². The van der Waals surface area contributed by atoms with E-state index in [0.717, 1.165) is 11.1 Å². The third kappa shape index (κ3) is 2.71. The van der Waals surface area contributed by atoms with Crippen LogP contribution in [-0.2, 0) is 9.53 Å². The fourth-order valence-corrected chi connectivity index (χ4v) is 4.50. The SMILES string of the molecule is O=C1OCCC1Sc1nc2scc(-c3ccc(F)cc3)c2c(=O)[nH]1. The number of halogens is 1. The van der Waals surface area contributed by atoms with Crippen LogP contribution in [0, 0.1) is 5.82 Å². The Labute approximate surface area is 143 Å². The first-order valence-corrected chi connectivity index (χ1v) is 8.98. The van der Waals surface area contributed by atoms with Crippen LogP contribution in [0.4, 0.5) is 4.39 Å². The van der Waals surface area contributed by atoms with Crippen LogP contribution in [0.5, 0.6) is 0 Å². The number of aromatic nitrogens is 2. The third-order valence-electron chi connectivity index (χ3n) is 3.72. The molecule has 0 bridgehead atoms. The van der Waals surface area contributed by atoms with E-state index in [1.165, 1.54) is 35.2 Å². The molecule has 1 atom stereocenters. The maximum Gasteiger partial charge on any atom is 0.319 e. The summed E-state index contributed by atoms with van der Waals surface area (Å²) in [5.41, 5.74) is 1.21.